The van der Waals surface area contributed by atoms with E-state index >= 15 is 0 Å². The third kappa shape index (κ3) is 3.14. The molecule has 0 amide bonds. The minimum atomic E-state index is -3.67. The van der Waals surface area contributed by atoms with Crippen molar-refractivity contribution in [1.29, 1.82) is 0 Å². The molecule has 11 heavy (non-hydrogen) atoms. The second kappa shape index (κ2) is 4.65. The standard InChI is InChI=1S/C6H13O4P/c1-3-6(5-7)11(8,9)10-4-2/h5-6H,3-4H2,1-2H3,(H,8,9). The summed E-state index contributed by atoms with van der Waals surface area (Å²) in [4.78, 5) is 19.3. The van der Waals surface area contributed by atoms with Crippen LogP contribution in [0, 0.1) is 0 Å². The lowest BCUT2D eigenvalue weighted by Gasteiger charge is -2.14. The summed E-state index contributed by atoms with van der Waals surface area (Å²) in [6.07, 6.45) is 0.799. The van der Waals surface area contributed by atoms with Crippen LogP contribution in [0.3, 0.4) is 0 Å². The average Bonchev–Trinajstić information content (AvgIpc) is 1.89. The zero-order valence-electron chi connectivity index (χ0n) is 6.69. The van der Waals surface area contributed by atoms with Crippen LogP contribution in [0.15, 0.2) is 0 Å². The quantitative estimate of drug-likeness (QED) is 0.509. The third-order valence-corrected chi connectivity index (χ3v) is 3.26. The molecule has 0 bridgehead atoms. The van der Waals surface area contributed by atoms with Gasteiger partial charge in [0.15, 0.2) is 0 Å². The summed E-state index contributed by atoms with van der Waals surface area (Å²) in [5, 5.41) is 0. The van der Waals surface area contributed by atoms with Crippen molar-refractivity contribution < 1.29 is 18.8 Å². The maximum absolute atomic E-state index is 11.1. The van der Waals surface area contributed by atoms with E-state index in [1.165, 1.54) is 0 Å². The van der Waals surface area contributed by atoms with E-state index in [9.17, 15) is 9.36 Å². The second-order valence-corrected chi connectivity index (χ2v) is 4.14. The molecule has 0 radical (unpaired) electrons. The molecule has 0 aromatic heterocycles. The van der Waals surface area contributed by atoms with Gasteiger partial charge >= 0.3 is 7.60 Å². The van der Waals surface area contributed by atoms with Crippen molar-refractivity contribution in [1.82, 2.24) is 0 Å². The maximum atomic E-state index is 11.1. The predicted octanol–water partition coefficient (Wildman–Crippen LogP) is 1.19. The van der Waals surface area contributed by atoms with Crippen molar-refractivity contribution in [2.75, 3.05) is 6.61 Å². The molecule has 0 saturated heterocycles. The third-order valence-electron chi connectivity index (χ3n) is 1.31. The van der Waals surface area contributed by atoms with Gasteiger partial charge in [0, 0.05) is 0 Å². The molecule has 2 atom stereocenters. The van der Waals surface area contributed by atoms with Gasteiger partial charge in [-0.05, 0) is 13.3 Å². The molecule has 0 aromatic carbocycles. The van der Waals surface area contributed by atoms with E-state index in [4.69, 9.17) is 4.89 Å². The molecule has 5 heteroatoms. The van der Waals surface area contributed by atoms with Gasteiger partial charge in [-0.1, -0.05) is 6.92 Å². The summed E-state index contributed by atoms with van der Waals surface area (Å²) >= 11 is 0. The summed E-state index contributed by atoms with van der Waals surface area (Å²) in [5.41, 5.74) is -0.873. The lowest BCUT2D eigenvalue weighted by atomic mass is 10.4. The Balaban J connectivity index is 4.24. The van der Waals surface area contributed by atoms with Gasteiger partial charge in [-0.2, -0.15) is 0 Å². The molecule has 0 spiro atoms. The highest BCUT2D eigenvalue weighted by atomic mass is 31.2. The van der Waals surface area contributed by atoms with Crippen LogP contribution in [0.2, 0.25) is 0 Å². The van der Waals surface area contributed by atoms with Gasteiger partial charge in [0.05, 0.1) is 6.61 Å². The van der Waals surface area contributed by atoms with Crippen LogP contribution >= 0.6 is 7.60 Å². The summed E-state index contributed by atoms with van der Waals surface area (Å²) in [6.45, 7) is 3.43. The smallest absolute Gasteiger partial charge is 0.324 e. The summed E-state index contributed by atoms with van der Waals surface area (Å²) in [6, 6.07) is 0. The Hall–Kier alpha value is -0.180. The lowest BCUT2D eigenvalue weighted by Crippen LogP contribution is -2.10. The molecule has 0 aliphatic carbocycles. The van der Waals surface area contributed by atoms with Crippen LogP contribution in [-0.4, -0.2) is 23.4 Å². The van der Waals surface area contributed by atoms with Gasteiger partial charge in [-0.3, -0.25) is 4.57 Å². The van der Waals surface area contributed by atoms with Crippen LogP contribution in [0.25, 0.3) is 0 Å². The highest BCUT2D eigenvalue weighted by Gasteiger charge is 2.29. The Morgan fingerprint density at radius 2 is 2.18 bits per heavy atom. The molecular weight excluding hydrogens is 167 g/mol. The van der Waals surface area contributed by atoms with Crippen molar-refractivity contribution in [2.45, 2.75) is 25.9 Å². The first kappa shape index (κ1) is 10.8. The predicted molar refractivity (Wildman–Crippen MR) is 41.6 cm³/mol. The topological polar surface area (TPSA) is 63.6 Å². The molecule has 0 fully saturated rings. The Morgan fingerprint density at radius 3 is 2.45 bits per heavy atom. The zero-order valence-corrected chi connectivity index (χ0v) is 7.58. The summed E-state index contributed by atoms with van der Waals surface area (Å²) in [5.74, 6) is 0. The number of hydrogen-bond donors (Lipinski definition) is 1. The van der Waals surface area contributed by atoms with Crippen molar-refractivity contribution in [3.63, 3.8) is 0 Å². The first-order chi connectivity index (χ1) is 5.08. The van der Waals surface area contributed by atoms with E-state index < -0.39 is 13.3 Å². The molecule has 0 aliphatic heterocycles. The van der Waals surface area contributed by atoms with E-state index in [1.807, 2.05) is 0 Å². The number of rotatable bonds is 5. The first-order valence-electron chi connectivity index (χ1n) is 3.50. The highest BCUT2D eigenvalue weighted by Crippen LogP contribution is 2.47. The Bertz CT molecular complexity index is 168. The highest BCUT2D eigenvalue weighted by molar-refractivity contribution is 7.54. The van der Waals surface area contributed by atoms with Crippen molar-refractivity contribution >= 4 is 13.9 Å². The number of carbonyl (C=O) groups excluding carboxylic acids is 1. The van der Waals surface area contributed by atoms with Crippen LogP contribution in [0.4, 0.5) is 0 Å². The molecule has 0 heterocycles. The van der Waals surface area contributed by atoms with Gasteiger partial charge < -0.3 is 14.2 Å². The largest absolute Gasteiger partial charge is 0.338 e. The van der Waals surface area contributed by atoms with E-state index in [1.54, 1.807) is 13.8 Å². The number of hydrogen-bond acceptors (Lipinski definition) is 3. The fourth-order valence-electron chi connectivity index (χ4n) is 0.685. The number of carbonyl (C=O) groups is 1. The minimum Gasteiger partial charge on any atom is -0.324 e. The van der Waals surface area contributed by atoms with Crippen LogP contribution in [0.5, 0.6) is 0 Å². The van der Waals surface area contributed by atoms with E-state index in [0.717, 1.165) is 0 Å². The Labute approximate surface area is 66.1 Å². The molecule has 0 saturated carbocycles. The monoisotopic (exact) mass is 180 g/mol. The van der Waals surface area contributed by atoms with Gasteiger partial charge in [0.2, 0.25) is 0 Å². The summed E-state index contributed by atoms with van der Waals surface area (Å²) in [7, 11) is -3.67. The fourth-order valence-corrected chi connectivity index (χ4v) is 1.86. The fraction of sp³-hybridized carbons (Fsp3) is 0.833. The van der Waals surface area contributed by atoms with Crippen LogP contribution < -0.4 is 0 Å². The first-order valence-corrected chi connectivity index (χ1v) is 5.15. The molecule has 66 valence electrons. The molecule has 0 aromatic rings. The Morgan fingerprint density at radius 1 is 1.64 bits per heavy atom. The molecule has 0 aliphatic rings. The second-order valence-electron chi connectivity index (χ2n) is 2.09. The van der Waals surface area contributed by atoms with Gasteiger partial charge in [0.25, 0.3) is 0 Å². The summed E-state index contributed by atoms with van der Waals surface area (Å²) < 4.78 is 15.6. The normalized spacial score (nSPS) is 18.8. The zero-order chi connectivity index (χ0) is 8.91. The molecular formula is C6H13O4P. The van der Waals surface area contributed by atoms with Gasteiger partial charge in [-0.15, -0.1) is 0 Å². The van der Waals surface area contributed by atoms with E-state index in [0.29, 0.717) is 12.7 Å². The van der Waals surface area contributed by atoms with Gasteiger partial charge in [-0.25, -0.2) is 0 Å². The van der Waals surface area contributed by atoms with Crippen molar-refractivity contribution in [3.8, 4) is 0 Å². The molecule has 1 N–H and O–H groups in total. The SMILES string of the molecule is CCOP(=O)(O)C(C=O)CC. The lowest BCUT2D eigenvalue weighted by molar-refractivity contribution is -0.107. The van der Waals surface area contributed by atoms with E-state index in [-0.39, 0.29) is 6.61 Å². The molecule has 2 unspecified atom stereocenters. The molecule has 0 rings (SSSR count). The Kier molecular flexibility index (Phi) is 4.57. The minimum absolute atomic E-state index is 0.151. The number of aldehydes is 1. The van der Waals surface area contributed by atoms with Crippen LogP contribution in [-0.2, 0) is 13.9 Å². The maximum Gasteiger partial charge on any atom is 0.338 e. The average molecular weight is 180 g/mol. The van der Waals surface area contributed by atoms with Crippen molar-refractivity contribution in [2.24, 2.45) is 0 Å². The molecule has 4 nitrogen and oxygen atoms in total. The van der Waals surface area contributed by atoms with Crippen molar-refractivity contribution in [3.05, 3.63) is 0 Å². The van der Waals surface area contributed by atoms with Crippen LogP contribution in [0.1, 0.15) is 20.3 Å². The van der Waals surface area contributed by atoms with Gasteiger partial charge in [0.1, 0.15) is 11.9 Å². The van der Waals surface area contributed by atoms with E-state index in [2.05, 4.69) is 4.52 Å².